The normalized spacial score (nSPS) is 10.9. The summed E-state index contributed by atoms with van der Waals surface area (Å²) in [5.74, 6) is 0.875. The topological polar surface area (TPSA) is 27.1 Å². The smallest absolute Gasteiger partial charge is 0.132 e. The molecule has 3 nitrogen and oxygen atoms in total. The maximum atomic E-state index is 5.99. The highest BCUT2D eigenvalue weighted by molar-refractivity contribution is 5.87. The van der Waals surface area contributed by atoms with Crippen LogP contribution in [-0.4, -0.2) is 9.55 Å². The molecule has 2 heterocycles. The Labute approximate surface area is 150 Å². The number of aryl methyl sites for hydroxylation is 2. The van der Waals surface area contributed by atoms with Crippen LogP contribution in [-0.2, 0) is 13.2 Å². The molecule has 2 aromatic heterocycles. The van der Waals surface area contributed by atoms with Crippen LogP contribution in [0.1, 0.15) is 36.4 Å². The summed E-state index contributed by atoms with van der Waals surface area (Å²) in [7, 11) is 0. The van der Waals surface area contributed by atoms with Crippen LogP contribution in [0.25, 0.3) is 10.9 Å². The predicted octanol–water partition coefficient (Wildman–Crippen LogP) is 5.51. The van der Waals surface area contributed by atoms with Crippen LogP contribution in [0.2, 0.25) is 0 Å². The van der Waals surface area contributed by atoms with Crippen LogP contribution in [0.5, 0.6) is 5.75 Å². The lowest BCUT2D eigenvalue weighted by Gasteiger charge is -2.11. The maximum Gasteiger partial charge on any atom is 0.132 e. The zero-order chi connectivity index (χ0) is 18.0. The van der Waals surface area contributed by atoms with Crippen molar-refractivity contribution < 1.29 is 4.74 Å². The average Bonchev–Trinajstić information content (AvgIpc) is 2.84. The van der Waals surface area contributed by atoms with Gasteiger partial charge in [0.25, 0.3) is 0 Å². The van der Waals surface area contributed by atoms with Gasteiger partial charge in [-0.1, -0.05) is 29.3 Å². The highest BCUT2D eigenvalue weighted by Crippen LogP contribution is 2.28. The number of rotatable bonds is 5. The van der Waals surface area contributed by atoms with Crippen molar-refractivity contribution in [2.45, 2.75) is 47.8 Å². The van der Waals surface area contributed by atoms with Gasteiger partial charge in [0.1, 0.15) is 18.1 Å². The van der Waals surface area contributed by atoms with E-state index >= 15 is 0 Å². The van der Waals surface area contributed by atoms with Gasteiger partial charge in [-0.15, -0.1) is 0 Å². The van der Waals surface area contributed by atoms with E-state index in [1.807, 2.05) is 18.3 Å². The number of hydrogen-bond donors (Lipinski definition) is 0. The molecule has 0 N–H and O–H groups in total. The third-order valence-electron chi connectivity index (χ3n) is 4.70. The molecule has 0 aliphatic carbocycles. The number of allylic oxidation sites excluding steroid dienone is 2. The van der Waals surface area contributed by atoms with Crippen LogP contribution in [0.3, 0.4) is 0 Å². The number of nitrogens with zero attached hydrogens (tertiary/aromatic N) is 2. The molecular weight excluding hydrogens is 308 g/mol. The molecule has 3 heteroatoms. The Kier molecular flexibility index (Phi) is 4.93. The summed E-state index contributed by atoms with van der Waals surface area (Å²) in [4.78, 5) is 4.62. The minimum atomic E-state index is 0.470. The van der Waals surface area contributed by atoms with E-state index in [0.29, 0.717) is 6.61 Å². The molecule has 0 radical (unpaired) electrons. The lowest BCUT2D eigenvalue weighted by atomic mass is 10.2. The molecular formula is C22H26N2O. The molecule has 0 fully saturated rings. The van der Waals surface area contributed by atoms with Crippen molar-refractivity contribution in [1.82, 2.24) is 9.55 Å². The second-order valence-electron chi connectivity index (χ2n) is 6.86. The van der Waals surface area contributed by atoms with Crippen molar-refractivity contribution in [3.05, 3.63) is 70.7 Å². The maximum absolute atomic E-state index is 5.99. The largest absolute Gasteiger partial charge is 0.487 e. The lowest BCUT2D eigenvalue weighted by molar-refractivity contribution is 0.302. The second-order valence-corrected chi connectivity index (χ2v) is 6.86. The molecule has 0 bridgehead atoms. The first-order valence-corrected chi connectivity index (χ1v) is 8.73. The molecule has 0 aliphatic heterocycles. The Morgan fingerprint density at radius 1 is 1.08 bits per heavy atom. The molecule has 0 atom stereocenters. The highest BCUT2D eigenvalue weighted by atomic mass is 16.5. The van der Waals surface area contributed by atoms with Crippen molar-refractivity contribution in [1.29, 1.82) is 0 Å². The summed E-state index contributed by atoms with van der Waals surface area (Å²) in [5.41, 5.74) is 7.32. The first-order chi connectivity index (χ1) is 12.0. The van der Waals surface area contributed by atoms with Gasteiger partial charge in [0.05, 0.1) is 5.52 Å². The van der Waals surface area contributed by atoms with Crippen LogP contribution in [0, 0.1) is 20.8 Å². The van der Waals surface area contributed by atoms with E-state index in [1.165, 1.54) is 33.3 Å². The number of ether oxygens (including phenoxy) is 1. The van der Waals surface area contributed by atoms with E-state index in [4.69, 9.17) is 4.74 Å². The fourth-order valence-corrected chi connectivity index (χ4v) is 3.06. The number of fused-ring (bicyclic) bond motifs is 1. The summed E-state index contributed by atoms with van der Waals surface area (Å²) in [6.45, 7) is 12.0. The molecule has 0 amide bonds. The van der Waals surface area contributed by atoms with Gasteiger partial charge in [-0.2, -0.15) is 0 Å². The molecule has 0 saturated carbocycles. The summed E-state index contributed by atoms with van der Waals surface area (Å²) in [6, 6.07) is 10.2. The van der Waals surface area contributed by atoms with Gasteiger partial charge in [0.2, 0.25) is 0 Å². The van der Waals surface area contributed by atoms with Gasteiger partial charge in [-0.3, -0.25) is 4.98 Å². The summed E-state index contributed by atoms with van der Waals surface area (Å²) < 4.78 is 8.34. The van der Waals surface area contributed by atoms with Crippen molar-refractivity contribution in [2.75, 3.05) is 0 Å². The Hall–Kier alpha value is -2.55. The van der Waals surface area contributed by atoms with Crippen molar-refractivity contribution in [2.24, 2.45) is 0 Å². The number of benzene rings is 1. The van der Waals surface area contributed by atoms with E-state index < -0.39 is 0 Å². The summed E-state index contributed by atoms with van der Waals surface area (Å²) in [5, 5.41) is 1.26. The Morgan fingerprint density at radius 3 is 2.48 bits per heavy atom. The van der Waals surface area contributed by atoms with Crippen molar-refractivity contribution in [3.63, 3.8) is 0 Å². The first kappa shape index (κ1) is 17.3. The molecule has 1 aromatic carbocycles. The fraction of sp³-hybridized carbons (Fsp3) is 0.318. The minimum absolute atomic E-state index is 0.470. The van der Waals surface area contributed by atoms with Gasteiger partial charge in [-0.05, 0) is 58.4 Å². The third kappa shape index (κ3) is 3.60. The molecule has 25 heavy (non-hydrogen) atoms. The van der Waals surface area contributed by atoms with Crippen molar-refractivity contribution >= 4 is 10.9 Å². The van der Waals surface area contributed by atoms with Crippen LogP contribution < -0.4 is 4.74 Å². The van der Waals surface area contributed by atoms with E-state index in [1.54, 1.807) is 0 Å². The molecule has 0 saturated heterocycles. The van der Waals surface area contributed by atoms with Crippen LogP contribution in [0.15, 0.2) is 48.2 Å². The average molecular weight is 334 g/mol. The number of pyridine rings is 1. The van der Waals surface area contributed by atoms with Gasteiger partial charge in [0.15, 0.2) is 0 Å². The van der Waals surface area contributed by atoms with Gasteiger partial charge >= 0.3 is 0 Å². The number of hydrogen-bond acceptors (Lipinski definition) is 2. The molecule has 0 spiro atoms. The second kappa shape index (κ2) is 7.14. The van der Waals surface area contributed by atoms with Gasteiger partial charge in [-0.25, -0.2) is 0 Å². The Bertz CT molecular complexity index is 913. The quantitative estimate of drug-likeness (QED) is 0.576. The molecule has 3 rings (SSSR count). The third-order valence-corrected chi connectivity index (χ3v) is 4.70. The lowest BCUT2D eigenvalue weighted by Crippen LogP contribution is -2.05. The molecule has 0 unspecified atom stereocenters. The number of aromatic nitrogens is 2. The van der Waals surface area contributed by atoms with E-state index in [0.717, 1.165) is 18.0 Å². The monoisotopic (exact) mass is 334 g/mol. The summed E-state index contributed by atoms with van der Waals surface area (Å²) >= 11 is 0. The standard InChI is InChI=1S/C22H26N2O/c1-15(2)11-13-24-18(5)17(4)20-10-12-23-21(22(20)24)14-25-19-8-6-16(3)7-9-19/h6-12H,13-14H2,1-5H3. The van der Waals surface area contributed by atoms with Crippen LogP contribution in [0.4, 0.5) is 0 Å². The van der Waals surface area contributed by atoms with Crippen molar-refractivity contribution in [3.8, 4) is 5.75 Å². The molecule has 130 valence electrons. The minimum Gasteiger partial charge on any atom is -0.487 e. The first-order valence-electron chi connectivity index (χ1n) is 8.73. The Morgan fingerprint density at radius 2 is 1.80 bits per heavy atom. The predicted molar refractivity (Wildman–Crippen MR) is 104 cm³/mol. The van der Waals surface area contributed by atoms with E-state index in [9.17, 15) is 0 Å². The molecule has 0 aliphatic rings. The zero-order valence-electron chi connectivity index (χ0n) is 15.8. The summed E-state index contributed by atoms with van der Waals surface area (Å²) in [6.07, 6.45) is 4.14. The SMILES string of the molecule is CC(C)=CCn1c(C)c(C)c2ccnc(COc3ccc(C)cc3)c21. The van der Waals surface area contributed by atoms with Crippen LogP contribution >= 0.6 is 0 Å². The highest BCUT2D eigenvalue weighted by Gasteiger charge is 2.15. The Balaban J connectivity index is 1.98. The zero-order valence-corrected chi connectivity index (χ0v) is 15.8. The fourth-order valence-electron chi connectivity index (χ4n) is 3.06. The van der Waals surface area contributed by atoms with Gasteiger partial charge < -0.3 is 9.30 Å². The van der Waals surface area contributed by atoms with E-state index in [2.05, 4.69) is 68.4 Å². The molecule has 3 aromatic rings. The van der Waals surface area contributed by atoms with E-state index in [-0.39, 0.29) is 0 Å². The van der Waals surface area contributed by atoms with Gasteiger partial charge in [0, 0.05) is 23.8 Å².